The third-order valence-corrected chi connectivity index (χ3v) is 5.67. The van der Waals surface area contributed by atoms with Crippen molar-refractivity contribution in [2.75, 3.05) is 0 Å². The maximum Gasteiger partial charge on any atom is 0.335 e. The highest BCUT2D eigenvalue weighted by Crippen LogP contribution is 2.47. The minimum Gasteiger partial charge on any atom is -0.478 e. The van der Waals surface area contributed by atoms with Crippen LogP contribution in [0.3, 0.4) is 0 Å². The number of aryl methyl sites for hydroxylation is 1. The van der Waals surface area contributed by atoms with Crippen LogP contribution in [0.2, 0.25) is 0 Å². The van der Waals surface area contributed by atoms with Crippen molar-refractivity contribution in [1.29, 1.82) is 5.26 Å². The third-order valence-electron chi connectivity index (χ3n) is 5.67. The number of nitriles is 1. The number of carboxylic acids is 1. The first-order valence-electron chi connectivity index (χ1n) is 8.78. The van der Waals surface area contributed by atoms with E-state index >= 15 is 0 Å². The summed E-state index contributed by atoms with van der Waals surface area (Å²) in [6.45, 7) is 4.81. The smallest absolute Gasteiger partial charge is 0.335 e. The van der Waals surface area contributed by atoms with Gasteiger partial charge in [0.2, 0.25) is 0 Å². The molecule has 2 aromatic carbocycles. The van der Waals surface area contributed by atoms with Crippen LogP contribution in [-0.4, -0.2) is 15.6 Å². The molecule has 0 amide bonds. The van der Waals surface area contributed by atoms with Crippen molar-refractivity contribution < 1.29 is 9.90 Å². The zero-order valence-electron chi connectivity index (χ0n) is 14.9. The molecule has 130 valence electrons. The second kappa shape index (κ2) is 5.74. The average Bonchev–Trinajstić information content (AvgIpc) is 3.42. The van der Waals surface area contributed by atoms with Crippen molar-refractivity contribution in [2.24, 2.45) is 0 Å². The van der Waals surface area contributed by atoms with Gasteiger partial charge in [0.1, 0.15) is 0 Å². The maximum absolute atomic E-state index is 11.3. The molecule has 1 aliphatic rings. The standard InChI is InChI=1S/C22H20N2O2/c1-14-15(2)24(20-7-6-17(21(25)26)11-19(14)20)12-16-4-3-5-18(10-16)22(13-23)8-9-22/h3-7,10-11H,8-9,12H2,1-2H3,(H,25,26). The topological polar surface area (TPSA) is 66.0 Å². The Bertz CT molecular complexity index is 1080. The van der Waals surface area contributed by atoms with Crippen molar-refractivity contribution in [1.82, 2.24) is 4.57 Å². The van der Waals surface area contributed by atoms with Crippen LogP contribution < -0.4 is 0 Å². The van der Waals surface area contributed by atoms with E-state index in [2.05, 4.69) is 29.7 Å². The zero-order chi connectivity index (χ0) is 18.5. The summed E-state index contributed by atoms with van der Waals surface area (Å²) >= 11 is 0. The van der Waals surface area contributed by atoms with Gasteiger partial charge in [-0.05, 0) is 61.6 Å². The number of carboxylic acid groups (broad SMARTS) is 1. The number of carbonyl (C=O) groups is 1. The first-order chi connectivity index (χ1) is 12.4. The molecule has 4 heteroatoms. The number of benzene rings is 2. The van der Waals surface area contributed by atoms with E-state index in [0.29, 0.717) is 12.1 Å². The number of fused-ring (bicyclic) bond motifs is 1. The zero-order valence-corrected chi connectivity index (χ0v) is 14.9. The molecule has 1 N–H and O–H groups in total. The molecule has 0 saturated heterocycles. The second-order valence-electron chi connectivity index (χ2n) is 7.23. The van der Waals surface area contributed by atoms with Crippen LogP contribution in [-0.2, 0) is 12.0 Å². The van der Waals surface area contributed by atoms with Crippen molar-refractivity contribution in [2.45, 2.75) is 38.6 Å². The quantitative estimate of drug-likeness (QED) is 0.754. The fourth-order valence-corrected chi connectivity index (χ4v) is 3.73. The summed E-state index contributed by atoms with van der Waals surface area (Å²) in [5.41, 5.74) is 5.57. The second-order valence-corrected chi connectivity index (χ2v) is 7.23. The summed E-state index contributed by atoms with van der Waals surface area (Å²) in [7, 11) is 0. The molecule has 0 spiro atoms. The first kappa shape index (κ1) is 16.4. The van der Waals surface area contributed by atoms with Gasteiger partial charge in [-0.25, -0.2) is 4.79 Å². The van der Waals surface area contributed by atoms with Crippen molar-refractivity contribution >= 4 is 16.9 Å². The van der Waals surface area contributed by atoms with Gasteiger partial charge in [0.15, 0.2) is 0 Å². The van der Waals surface area contributed by atoms with Crippen LogP contribution in [0.15, 0.2) is 42.5 Å². The van der Waals surface area contributed by atoms with Gasteiger partial charge in [-0.3, -0.25) is 0 Å². The maximum atomic E-state index is 11.3. The van der Waals surface area contributed by atoms with Crippen LogP contribution >= 0.6 is 0 Å². The summed E-state index contributed by atoms with van der Waals surface area (Å²) in [5, 5.41) is 19.7. The molecule has 1 fully saturated rings. The van der Waals surface area contributed by atoms with E-state index in [4.69, 9.17) is 0 Å². The lowest BCUT2D eigenvalue weighted by Crippen LogP contribution is -2.06. The molecule has 3 aromatic rings. The minimum absolute atomic E-state index is 0.282. The predicted molar refractivity (Wildman–Crippen MR) is 100 cm³/mol. The van der Waals surface area contributed by atoms with Gasteiger partial charge in [-0.2, -0.15) is 5.26 Å². The summed E-state index contributed by atoms with van der Waals surface area (Å²) < 4.78 is 2.22. The van der Waals surface area contributed by atoms with E-state index in [1.165, 1.54) is 0 Å². The van der Waals surface area contributed by atoms with E-state index in [9.17, 15) is 15.2 Å². The van der Waals surface area contributed by atoms with Crippen molar-refractivity contribution in [3.05, 3.63) is 70.4 Å². The van der Waals surface area contributed by atoms with Gasteiger partial charge in [0.25, 0.3) is 0 Å². The van der Waals surface area contributed by atoms with Crippen molar-refractivity contribution in [3.63, 3.8) is 0 Å². The lowest BCUT2D eigenvalue weighted by Gasteiger charge is -2.12. The number of hydrogen-bond acceptors (Lipinski definition) is 2. The monoisotopic (exact) mass is 344 g/mol. The van der Waals surface area contributed by atoms with Gasteiger partial charge in [0, 0.05) is 23.1 Å². The molecule has 4 rings (SSSR count). The van der Waals surface area contributed by atoms with Gasteiger partial charge in [-0.1, -0.05) is 24.3 Å². The molecular weight excluding hydrogens is 324 g/mol. The summed E-state index contributed by atoms with van der Waals surface area (Å²) in [4.78, 5) is 11.3. The Hall–Kier alpha value is -3.06. The van der Waals surface area contributed by atoms with Crippen LogP contribution in [0, 0.1) is 25.2 Å². The fourth-order valence-electron chi connectivity index (χ4n) is 3.73. The van der Waals surface area contributed by atoms with Gasteiger partial charge in [-0.15, -0.1) is 0 Å². The fraction of sp³-hybridized carbons (Fsp3) is 0.273. The Morgan fingerprint density at radius 1 is 1.23 bits per heavy atom. The normalized spacial score (nSPS) is 15.0. The highest BCUT2D eigenvalue weighted by atomic mass is 16.4. The molecule has 0 bridgehead atoms. The molecule has 0 atom stereocenters. The summed E-state index contributed by atoms with van der Waals surface area (Å²) in [6.07, 6.45) is 1.88. The van der Waals surface area contributed by atoms with Crippen molar-refractivity contribution in [3.8, 4) is 6.07 Å². The average molecular weight is 344 g/mol. The molecule has 1 heterocycles. The highest BCUT2D eigenvalue weighted by Gasteiger charge is 2.44. The lowest BCUT2D eigenvalue weighted by atomic mass is 9.96. The number of aromatic carboxylic acids is 1. The molecular formula is C22H20N2O2. The first-order valence-corrected chi connectivity index (χ1v) is 8.78. The Kier molecular flexibility index (Phi) is 3.62. The molecule has 1 aromatic heterocycles. The Morgan fingerprint density at radius 3 is 2.65 bits per heavy atom. The Labute approximate surface area is 152 Å². The Morgan fingerprint density at radius 2 is 2.00 bits per heavy atom. The molecule has 4 nitrogen and oxygen atoms in total. The number of nitrogens with zero attached hydrogens (tertiary/aromatic N) is 2. The SMILES string of the molecule is Cc1c(C)n(Cc2cccc(C3(C#N)CC3)c2)c2ccc(C(=O)O)cc12. The molecule has 1 saturated carbocycles. The molecule has 26 heavy (non-hydrogen) atoms. The van der Waals surface area contributed by atoms with Crippen LogP contribution in [0.4, 0.5) is 0 Å². The summed E-state index contributed by atoms with van der Waals surface area (Å²) in [5.74, 6) is -0.907. The lowest BCUT2D eigenvalue weighted by molar-refractivity contribution is 0.0697. The minimum atomic E-state index is -0.907. The van der Waals surface area contributed by atoms with E-state index in [1.807, 2.05) is 25.1 Å². The number of hydrogen-bond donors (Lipinski definition) is 1. The number of aromatic nitrogens is 1. The van der Waals surface area contributed by atoms with E-state index in [1.54, 1.807) is 12.1 Å². The predicted octanol–water partition coefficient (Wildman–Crippen LogP) is 4.56. The summed E-state index contributed by atoms with van der Waals surface area (Å²) in [6, 6.07) is 16.1. The van der Waals surface area contributed by atoms with Crippen LogP contribution in [0.25, 0.3) is 10.9 Å². The van der Waals surface area contributed by atoms with Gasteiger partial charge in [0.05, 0.1) is 17.0 Å². The highest BCUT2D eigenvalue weighted by molar-refractivity contribution is 5.95. The molecule has 0 unspecified atom stereocenters. The van der Waals surface area contributed by atoms with Crippen LogP contribution in [0.1, 0.15) is 45.6 Å². The molecule has 0 aliphatic heterocycles. The van der Waals surface area contributed by atoms with Gasteiger partial charge < -0.3 is 9.67 Å². The Balaban J connectivity index is 1.77. The molecule has 1 aliphatic carbocycles. The number of rotatable bonds is 4. The van der Waals surface area contributed by atoms with E-state index in [0.717, 1.165) is 46.1 Å². The van der Waals surface area contributed by atoms with Crippen LogP contribution in [0.5, 0.6) is 0 Å². The largest absolute Gasteiger partial charge is 0.478 e. The third kappa shape index (κ3) is 2.48. The van der Waals surface area contributed by atoms with E-state index in [-0.39, 0.29) is 5.41 Å². The van der Waals surface area contributed by atoms with E-state index < -0.39 is 5.97 Å². The molecule has 0 radical (unpaired) electrons. The van der Waals surface area contributed by atoms with Gasteiger partial charge >= 0.3 is 5.97 Å².